The normalized spacial score (nSPS) is 20.1. The van der Waals surface area contributed by atoms with Crippen molar-refractivity contribution in [3.8, 4) is 0 Å². The van der Waals surface area contributed by atoms with Gasteiger partial charge in [0.15, 0.2) is 6.17 Å². The molecule has 1 fully saturated rings. The molecule has 2 atom stereocenters. The number of nitrogens with one attached hydrogen (secondary N) is 1. The Morgan fingerprint density at radius 2 is 2.17 bits per heavy atom. The number of rotatable bonds is 3. The quantitative estimate of drug-likeness (QED) is 0.488. The van der Waals surface area contributed by atoms with Crippen LogP contribution in [0.3, 0.4) is 0 Å². The Hall–Kier alpha value is -2.03. The molecule has 1 aliphatic heterocycles. The van der Waals surface area contributed by atoms with Crippen molar-refractivity contribution in [1.29, 1.82) is 0 Å². The van der Waals surface area contributed by atoms with Gasteiger partial charge in [-0.05, 0) is 12.8 Å². The summed E-state index contributed by atoms with van der Waals surface area (Å²) in [5, 5.41) is 4.39. The number of nitrogens with two attached hydrogens (primary N) is 1. The summed E-state index contributed by atoms with van der Waals surface area (Å²) in [7, 11) is 1.13. The van der Waals surface area contributed by atoms with Gasteiger partial charge in [-0.15, -0.1) is 4.91 Å². The number of nitroso groups, excluding NO2 is 1. The molecule has 100 valence electrons. The van der Waals surface area contributed by atoms with Crippen LogP contribution in [0.4, 0.5) is 4.79 Å². The lowest BCUT2D eigenvalue weighted by Crippen LogP contribution is -2.55. The van der Waals surface area contributed by atoms with Gasteiger partial charge in [-0.3, -0.25) is 14.9 Å². The van der Waals surface area contributed by atoms with Crippen molar-refractivity contribution in [3.05, 3.63) is 4.91 Å². The number of alkyl carbamates (subject to hydrolysis) is 1. The number of amides is 3. The van der Waals surface area contributed by atoms with Gasteiger partial charge in [0.25, 0.3) is 5.91 Å². The van der Waals surface area contributed by atoms with Gasteiger partial charge in [-0.1, -0.05) is 0 Å². The van der Waals surface area contributed by atoms with Gasteiger partial charge in [0.2, 0.25) is 0 Å². The van der Waals surface area contributed by atoms with Crippen LogP contribution in [0.2, 0.25) is 0 Å². The second-order valence-corrected chi connectivity index (χ2v) is 3.73. The fraction of sp³-hybridized carbons (Fsp3) is 0.667. The Bertz CT molecular complexity index is 372. The van der Waals surface area contributed by atoms with Crippen LogP contribution in [0.25, 0.3) is 0 Å². The summed E-state index contributed by atoms with van der Waals surface area (Å²) < 4.78 is 4.29. The number of methoxy groups -OCH3 is 1. The second kappa shape index (κ2) is 6.05. The highest BCUT2D eigenvalue weighted by molar-refractivity contribution is 5.91. The summed E-state index contributed by atoms with van der Waals surface area (Å²) in [6.45, 7) is 0.293. The summed E-state index contributed by atoms with van der Waals surface area (Å²) in [6, 6.07) is -0.888. The van der Waals surface area contributed by atoms with E-state index >= 15 is 0 Å². The number of ether oxygens (including phenoxy) is 1. The third-order valence-electron chi connectivity index (χ3n) is 2.64. The van der Waals surface area contributed by atoms with Crippen LogP contribution in [-0.4, -0.2) is 48.7 Å². The number of hydrogen-bond donors (Lipinski definition) is 2. The number of nitrogens with zero attached hydrogens (tertiary/aromatic N) is 2. The Morgan fingerprint density at radius 3 is 2.72 bits per heavy atom. The zero-order valence-electron chi connectivity index (χ0n) is 9.79. The molecule has 0 unspecified atom stereocenters. The van der Waals surface area contributed by atoms with Gasteiger partial charge in [-0.2, -0.15) is 0 Å². The largest absolute Gasteiger partial charge is 0.453 e. The minimum atomic E-state index is -1.32. The molecular formula is C9H14N4O5. The monoisotopic (exact) mass is 258 g/mol. The molecule has 3 N–H and O–H groups in total. The molecule has 1 saturated heterocycles. The van der Waals surface area contributed by atoms with E-state index in [1.165, 1.54) is 0 Å². The topological polar surface area (TPSA) is 131 Å². The van der Waals surface area contributed by atoms with Crippen LogP contribution in [0, 0.1) is 4.91 Å². The van der Waals surface area contributed by atoms with E-state index in [2.05, 4.69) is 15.2 Å². The highest BCUT2D eigenvalue weighted by Gasteiger charge is 2.37. The first kappa shape index (κ1) is 14.0. The van der Waals surface area contributed by atoms with Crippen molar-refractivity contribution < 1.29 is 19.1 Å². The van der Waals surface area contributed by atoms with Crippen molar-refractivity contribution >= 4 is 17.9 Å². The third kappa shape index (κ3) is 3.00. The van der Waals surface area contributed by atoms with Crippen LogP contribution in [0.5, 0.6) is 0 Å². The van der Waals surface area contributed by atoms with E-state index in [0.29, 0.717) is 19.4 Å². The zero-order valence-corrected chi connectivity index (χ0v) is 9.79. The minimum Gasteiger partial charge on any atom is -0.453 e. The predicted molar refractivity (Wildman–Crippen MR) is 59.1 cm³/mol. The lowest BCUT2D eigenvalue weighted by atomic mass is 10.2. The molecule has 3 amide bonds. The predicted octanol–water partition coefficient (Wildman–Crippen LogP) is -1.09. The molecule has 9 nitrogen and oxygen atoms in total. The number of likely N-dealkylation sites (tertiary alicyclic amines) is 1. The van der Waals surface area contributed by atoms with Crippen molar-refractivity contribution in [2.45, 2.75) is 25.0 Å². The third-order valence-corrected chi connectivity index (χ3v) is 2.64. The van der Waals surface area contributed by atoms with Gasteiger partial charge in [0, 0.05) is 11.7 Å². The molecule has 0 aromatic rings. The first-order valence-corrected chi connectivity index (χ1v) is 5.29. The van der Waals surface area contributed by atoms with Crippen LogP contribution in [0.15, 0.2) is 5.18 Å². The Kier molecular flexibility index (Phi) is 4.72. The first-order valence-electron chi connectivity index (χ1n) is 5.29. The molecule has 0 bridgehead atoms. The lowest BCUT2D eigenvalue weighted by molar-refractivity contribution is -0.138. The van der Waals surface area contributed by atoms with Gasteiger partial charge in [-0.25, -0.2) is 4.79 Å². The van der Waals surface area contributed by atoms with Gasteiger partial charge in [0.05, 0.1) is 7.11 Å². The summed E-state index contributed by atoms with van der Waals surface area (Å²) in [4.78, 5) is 45.3. The number of carbonyl (C=O) groups excluding carboxylic acids is 3. The smallest absolute Gasteiger partial charge is 0.408 e. The Labute approximate surface area is 103 Å². The van der Waals surface area contributed by atoms with E-state index in [-0.39, 0.29) is 0 Å². The van der Waals surface area contributed by atoms with Crippen molar-refractivity contribution in [2.24, 2.45) is 10.9 Å². The highest BCUT2D eigenvalue weighted by atomic mass is 16.5. The molecule has 0 spiro atoms. The first-order chi connectivity index (χ1) is 8.51. The van der Waals surface area contributed by atoms with Crippen molar-refractivity contribution in [2.75, 3.05) is 13.7 Å². The van der Waals surface area contributed by atoms with Crippen molar-refractivity contribution in [3.63, 3.8) is 0 Å². The second-order valence-electron chi connectivity index (χ2n) is 3.73. The van der Waals surface area contributed by atoms with E-state index in [9.17, 15) is 19.3 Å². The molecule has 1 heterocycles. The molecule has 1 aliphatic rings. The SMILES string of the molecule is COC(=O)N[C@@H](N)C(=O)N1CCC[C@H]1C(=O)N=O. The minimum absolute atomic E-state index is 0.293. The highest BCUT2D eigenvalue weighted by Crippen LogP contribution is 2.18. The Morgan fingerprint density at radius 1 is 1.50 bits per heavy atom. The van der Waals surface area contributed by atoms with E-state index in [0.717, 1.165) is 12.0 Å². The van der Waals surface area contributed by atoms with Crippen molar-refractivity contribution in [1.82, 2.24) is 10.2 Å². The maximum Gasteiger partial charge on any atom is 0.408 e. The van der Waals surface area contributed by atoms with Crippen LogP contribution < -0.4 is 11.1 Å². The van der Waals surface area contributed by atoms with Gasteiger partial charge in [0.1, 0.15) is 6.04 Å². The molecule has 0 aliphatic carbocycles. The maximum atomic E-state index is 11.9. The summed E-state index contributed by atoms with van der Waals surface area (Å²) in [5.74, 6) is -1.56. The number of hydrogen-bond acceptors (Lipinski definition) is 6. The summed E-state index contributed by atoms with van der Waals surface area (Å²) in [6.07, 6.45) is -1.24. The molecule has 0 aromatic carbocycles. The van der Waals surface area contributed by atoms with Crippen LogP contribution in [0.1, 0.15) is 12.8 Å². The fourth-order valence-corrected chi connectivity index (χ4v) is 1.77. The van der Waals surface area contributed by atoms with Gasteiger partial charge >= 0.3 is 12.0 Å². The zero-order chi connectivity index (χ0) is 13.7. The fourth-order valence-electron chi connectivity index (χ4n) is 1.77. The lowest BCUT2D eigenvalue weighted by Gasteiger charge is -2.24. The van der Waals surface area contributed by atoms with E-state index in [1.807, 2.05) is 0 Å². The molecular weight excluding hydrogens is 244 g/mol. The molecule has 1 rings (SSSR count). The average Bonchev–Trinajstić information content (AvgIpc) is 2.85. The average molecular weight is 258 g/mol. The van der Waals surface area contributed by atoms with Crippen LogP contribution in [-0.2, 0) is 14.3 Å². The standard InChI is InChI=1S/C9H14N4O5/c1-18-9(16)11-6(10)8(15)13-4-2-3-5(13)7(14)12-17/h5-6H,2-4,10H2,1H3,(H,11,16)/t5-,6+/m0/s1. The maximum absolute atomic E-state index is 11.9. The molecule has 0 radical (unpaired) electrons. The Balaban J connectivity index is 2.67. The summed E-state index contributed by atoms with van der Waals surface area (Å²) >= 11 is 0. The van der Waals surface area contributed by atoms with Gasteiger partial charge < -0.3 is 15.4 Å². The van der Waals surface area contributed by atoms with Crippen LogP contribution >= 0.6 is 0 Å². The van der Waals surface area contributed by atoms with E-state index in [4.69, 9.17) is 5.73 Å². The van der Waals surface area contributed by atoms with E-state index < -0.39 is 30.1 Å². The molecule has 9 heteroatoms. The molecule has 18 heavy (non-hydrogen) atoms. The molecule has 0 aromatic heterocycles. The molecule has 0 saturated carbocycles. The number of carbonyl (C=O) groups is 3. The summed E-state index contributed by atoms with van der Waals surface area (Å²) in [5.41, 5.74) is 5.45. The van der Waals surface area contributed by atoms with E-state index in [1.54, 1.807) is 0 Å².